The molecule has 0 heterocycles. The predicted octanol–water partition coefficient (Wildman–Crippen LogP) is 4.05. The summed E-state index contributed by atoms with van der Waals surface area (Å²) in [4.78, 5) is 11.4. The van der Waals surface area contributed by atoms with Crippen LogP contribution in [0.5, 0.6) is 0 Å². The van der Waals surface area contributed by atoms with E-state index in [1.54, 1.807) is 0 Å². The predicted molar refractivity (Wildman–Crippen MR) is 81.0 cm³/mol. The fraction of sp³-hybridized carbons (Fsp3) is 0.938. The minimum Gasteiger partial charge on any atom is -0.466 e. The Morgan fingerprint density at radius 2 is 1.58 bits per heavy atom. The summed E-state index contributed by atoms with van der Waals surface area (Å²) in [6.45, 7) is 5.85. The van der Waals surface area contributed by atoms with Crippen molar-refractivity contribution in [2.24, 2.45) is 11.7 Å². The lowest BCUT2D eigenvalue weighted by molar-refractivity contribution is -0.143. The lowest BCUT2D eigenvalue weighted by atomic mass is 10.0. The first-order chi connectivity index (χ1) is 9.16. The van der Waals surface area contributed by atoms with Gasteiger partial charge in [0.05, 0.1) is 6.61 Å². The van der Waals surface area contributed by atoms with E-state index in [2.05, 4.69) is 13.8 Å². The summed E-state index contributed by atoms with van der Waals surface area (Å²) >= 11 is 0. The maximum absolute atomic E-state index is 11.4. The molecule has 0 spiro atoms. The van der Waals surface area contributed by atoms with Crippen molar-refractivity contribution < 1.29 is 9.53 Å². The van der Waals surface area contributed by atoms with Crippen LogP contribution in [-0.2, 0) is 9.53 Å². The molecule has 19 heavy (non-hydrogen) atoms. The SMILES string of the molecule is CC(C)CCCCCCCOC(=O)CCCCCN. The van der Waals surface area contributed by atoms with Crippen LogP contribution in [0, 0.1) is 5.92 Å². The second kappa shape index (κ2) is 13.9. The summed E-state index contributed by atoms with van der Waals surface area (Å²) in [5.41, 5.74) is 5.39. The van der Waals surface area contributed by atoms with Crippen LogP contribution in [0.25, 0.3) is 0 Å². The van der Waals surface area contributed by atoms with Crippen LogP contribution in [0.2, 0.25) is 0 Å². The molecule has 0 amide bonds. The molecule has 0 bridgehead atoms. The molecule has 0 unspecified atom stereocenters. The molecule has 0 saturated carbocycles. The van der Waals surface area contributed by atoms with Crippen LogP contribution < -0.4 is 5.73 Å². The van der Waals surface area contributed by atoms with Crippen LogP contribution in [0.3, 0.4) is 0 Å². The van der Waals surface area contributed by atoms with Gasteiger partial charge in [0.1, 0.15) is 0 Å². The van der Waals surface area contributed by atoms with Crippen molar-refractivity contribution in [3.8, 4) is 0 Å². The first-order valence-electron chi connectivity index (χ1n) is 8.02. The summed E-state index contributed by atoms with van der Waals surface area (Å²) in [5, 5.41) is 0. The average Bonchev–Trinajstić information content (AvgIpc) is 2.37. The van der Waals surface area contributed by atoms with Gasteiger partial charge >= 0.3 is 5.97 Å². The van der Waals surface area contributed by atoms with Gasteiger partial charge in [-0.25, -0.2) is 0 Å². The first-order valence-corrected chi connectivity index (χ1v) is 8.02. The van der Waals surface area contributed by atoms with E-state index in [0.29, 0.717) is 19.6 Å². The van der Waals surface area contributed by atoms with E-state index >= 15 is 0 Å². The first kappa shape index (κ1) is 18.4. The number of hydrogen-bond acceptors (Lipinski definition) is 3. The van der Waals surface area contributed by atoms with E-state index in [-0.39, 0.29) is 5.97 Å². The summed E-state index contributed by atoms with van der Waals surface area (Å²) in [5.74, 6) is 0.775. The van der Waals surface area contributed by atoms with Gasteiger partial charge < -0.3 is 10.5 Å². The molecule has 0 aromatic carbocycles. The van der Waals surface area contributed by atoms with Crippen LogP contribution in [-0.4, -0.2) is 19.1 Å². The number of nitrogens with two attached hydrogens (primary N) is 1. The van der Waals surface area contributed by atoms with Crippen LogP contribution in [0.15, 0.2) is 0 Å². The maximum Gasteiger partial charge on any atom is 0.305 e. The van der Waals surface area contributed by atoms with Gasteiger partial charge in [0.2, 0.25) is 0 Å². The van der Waals surface area contributed by atoms with E-state index in [1.807, 2.05) is 0 Å². The largest absolute Gasteiger partial charge is 0.466 e. The third-order valence-corrected chi connectivity index (χ3v) is 3.27. The topological polar surface area (TPSA) is 52.3 Å². The molecule has 0 saturated heterocycles. The van der Waals surface area contributed by atoms with Crippen LogP contribution in [0.4, 0.5) is 0 Å². The molecular formula is C16H33NO2. The zero-order chi connectivity index (χ0) is 14.3. The zero-order valence-corrected chi connectivity index (χ0v) is 13.0. The van der Waals surface area contributed by atoms with Gasteiger partial charge in [-0.3, -0.25) is 4.79 Å². The fourth-order valence-corrected chi connectivity index (χ4v) is 2.03. The minimum absolute atomic E-state index is 0.0446. The third kappa shape index (κ3) is 15.4. The number of unbranched alkanes of at least 4 members (excludes halogenated alkanes) is 6. The Hall–Kier alpha value is -0.570. The molecule has 0 aromatic heterocycles. The maximum atomic E-state index is 11.4. The third-order valence-electron chi connectivity index (χ3n) is 3.27. The molecule has 0 rings (SSSR count). The Morgan fingerprint density at radius 1 is 0.947 bits per heavy atom. The molecule has 3 heteroatoms. The lowest BCUT2D eigenvalue weighted by Gasteiger charge is -2.06. The van der Waals surface area contributed by atoms with Crippen molar-refractivity contribution in [3.63, 3.8) is 0 Å². The van der Waals surface area contributed by atoms with Gasteiger partial charge in [0, 0.05) is 6.42 Å². The quantitative estimate of drug-likeness (QED) is 0.406. The molecule has 0 aromatic rings. The molecule has 0 aliphatic rings. The van der Waals surface area contributed by atoms with Crippen molar-refractivity contribution in [3.05, 3.63) is 0 Å². The van der Waals surface area contributed by atoms with E-state index < -0.39 is 0 Å². The summed E-state index contributed by atoms with van der Waals surface area (Å²) in [7, 11) is 0. The van der Waals surface area contributed by atoms with E-state index in [0.717, 1.165) is 31.6 Å². The highest BCUT2D eigenvalue weighted by molar-refractivity contribution is 5.69. The highest BCUT2D eigenvalue weighted by Crippen LogP contribution is 2.10. The normalized spacial score (nSPS) is 10.9. The Morgan fingerprint density at radius 3 is 2.26 bits per heavy atom. The van der Waals surface area contributed by atoms with Crippen molar-refractivity contribution in [2.45, 2.75) is 78.1 Å². The van der Waals surface area contributed by atoms with Crippen LogP contribution >= 0.6 is 0 Å². The Kier molecular flexibility index (Phi) is 13.4. The summed E-state index contributed by atoms with van der Waals surface area (Å²) in [6, 6.07) is 0. The number of carbonyl (C=O) groups is 1. The summed E-state index contributed by atoms with van der Waals surface area (Å²) < 4.78 is 5.20. The Labute approximate surface area is 119 Å². The van der Waals surface area contributed by atoms with E-state index in [4.69, 9.17) is 10.5 Å². The second-order valence-corrected chi connectivity index (χ2v) is 5.77. The van der Waals surface area contributed by atoms with Crippen molar-refractivity contribution >= 4 is 5.97 Å². The molecule has 114 valence electrons. The molecule has 3 nitrogen and oxygen atoms in total. The minimum atomic E-state index is -0.0446. The van der Waals surface area contributed by atoms with Crippen molar-refractivity contribution in [1.82, 2.24) is 0 Å². The zero-order valence-electron chi connectivity index (χ0n) is 13.0. The molecule has 0 aliphatic carbocycles. The summed E-state index contributed by atoms with van der Waals surface area (Å²) in [6.07, 6.45) is 10.9. The number of carbonyl (C=O) groups excluding carboxylic acids is 1. The Bertz CT molecular complexity index is 205. The van der Waals surface area contributed by atoms with Gasteiger partial charge in [-0.15, -0.1) is 0 Å². The molecule has 2 N–H and O–H groups in total. The molecule has 0 atom stereocenters. The fourth-order valence-electron chi connectivity index (χ4n) is 2.03. The molecule has 0 radical (unpaired) electrons. The standard InChI is InChI=1S/C16H33NO2/c1-15(2)11-7-4-3-5-10-14-19-16(18)12-8-6-9-13-17/h15H,3-14,17H2,1-2H3. The van der Waals surface area contributed by atoms with E-state index in [9.17, 15) is 4.79 Å². The average molecular weight is 271 g/mol. The number of rotatable bonds is 13. The highest BCUT2D eigenvalue weighted by Gasteiger charge is 2.02. The molecular weight excluding hydrogens is 238 g/mol. The molecule has 0 aliphatic heterocycles. The number of esters is 1. The van der Waals surface area contributed by atoms with Gasteiger partial charge in [-0.05, 0) is 31.7 Å². The Balaban J connectivity index is 3.14. The lowest BCUT2D eigenvalue weighted by Crippen LogP contribution is -2.06. The molecule has 0 fully saturated rings. The second-order valence-electron chi connectivity index (χ2n) is 5.77. The number of hydrogen-bond donors (Lipinski definition) is 1. The monoisotopic (exact) mass is 271 g/mol. The van der Waals surface area contributed by atoms with Crippen LogP contribution in [0.1, 0.15) is 78.1 Å². The van der Waals surface area contributed by atoms with Gasteiger partial charge in [0.15, 0.2) is 0 Å². The highest BCUT2D eigenvalue weighted by atomic mass is 16.5. The smallest absolute Gasteiger partial charge is 0.305 e. The van der Waals surface area contributed by atoms with E-state index in [1.165, 1.54) is 32.1 Å². The van der Waals surface area contributed by atoms with Crippen molar-refractivity contribution in [2.75, 3.05) is 13.2 Å². The number of ether oxygens (including phenoxy) is 1. The van der Waals surface area contributed by atoms with Gasteiger partial charge in [-0.2, -0.15) is 0 Å². The van der Waals surface area contributed by atoms with Gasteiger partial charge in [0.25, 0.3) is 0 Å². The van der Waals surface area contributed by atoms with Crippen molar-refractivity contribution in [1.29, 1.82) is 0 Å². The van der Waals surface area contributed by atoms with Gasteiger partial charge in [-0.1, -0.05) is 52.4 Å².